The molecular formula is C14H19BrN2O. The van der Waals surface area contributed by atoms with E-state index in [0.717, 1.165) is 23.2 Å². The Morgan fingerprint density at radius 2 is 2.00 bits per heavy atom. The third-order valence-corrected chi connectivity index (χ3v) is 3.73. The lowest BCUT2D eigenvalue weighted by Crippen LogP contribution is -2.44. The first-order chi connectivity index (χ1) is 8.54. The summed E-state index contributed by atoms with van der Waals surface area (Å²) in [6.07, 6.45) is 1.21. The Labute approximate surface area is 117 Å². The van der Waals surface area contributed by atoms with Crippen molar-refractivity contribution in [2.75, 3.05) is 18.4 Å². The molecule has 0 aromatic heterocycles. The first-order valence-corrected chi connectivity index (χ1v) is 7.15. The Morgan fingerprint density at radius 3 is 2.61 bits per heavy atom. The van der Waals surface area contributed by atoms with E-state index >= 15 is 0 Å². The Balaban J connectivity index is 1.99. The standard InChI is InChI=1S/C14H19BrN2O/c1-10-6-11(2)9-17(8-10)14(18)16-13-5-3-4-12(15)7-13/h3-5,7,10-11H,6,8-9H2,1-2H3,(H,16,18). The summed E-state index contributed by atoms with van der Waals surface area (Å²) in [4.78, 5) is 14.1. The normalized spacial score (nSPS) is 23.8. The van der Waals surface area contributed by atoms with Crippen LogP contribution in [0, 0.1) is 11.8 Å². The van der Waals surface area contributed by atoms with Crippen molar-refractivity contribution in [3.63, 3.8) is 0 Å². The largest absolute Gasteiger partial charge is 0.324 e. The van der Waals surface area contributed by atoms with Crippen LogP contribution in [0.3, 0.4) is 0 Å². The number of nitrogens with one attached hydrogen (secondary N) is 1. The minimum Gasteiger partial charge on any atom is -0.324 e. The highest BCUT2D eigenvalue weighted by molar-refractivity contribution is 9.10. The fraction of sp³-hybridized carbons (Fsp3) is 0.500. The second-order valence-corrected chi connectivity index (χ2v) is 6.21. The van der Waals surface area contributed by atoms with Gasteiger partial charge in [0.25, 0.3) is 0 Å². The van der Waals surface area contributed by atoms with E-state index in [9.17, 15) is 4.79 Å². The topological polar surface area (TPSA) is 32.3 Å². The van der Waals surface area contributed by atoms with Gasteiger partial charge in [-0.15, -0.1) is 0 Å². The predicted molar refractivity (Wildman–Crippen MR) is 77.7 cm³/mol. The van der Waals surface area contributed by atoms with Crippen LogP contribution in [0.2, 0.25) is 0 Å². The van der Waals surface area contributed by atoms with E-state index in [1.807, 2.05) is 29.2 Å². The van der Waals surface area contributed by atoms with E-state index in [-0.39, 0.29) is 6.03 Å². The maximum absolute atomic E-state index is 12.2. The fourth-order valence-electron chi connectivity index (χ4n) is 2.60. The monoisotopic (exact) mass is 310 g/mol. The number of anilines is 1. The maximum Gasteiger partial charge on any atom is 0.321 e. The van der Waals surface area contributed by atoms with Gasteiger partial charge in [0, 0.05) is 23.2 Å². The number of nitrogens with zero attached hydrogens (tertiary/aromatic N) is 1. The lowest BCUT2D eigenvalue weighted by Gasteiger charge is -2.34. The van der Waals surface area contributed by atoms with Crippen LogP contribution in [0.25, 0.3) is 0 Å². The molecule has 0 radical (unpaired) electrons. The molecule has 2 atom stereocenters. The van der Waals surface area contributed by atoms with Gasteiger partial charge in [-0.05, 0) is 36.5 Å². The molecule has 0 bridgehead atoms. The van der Waals surface area contributed by atoms with Gasteiger partial charge in [-0.25, -0.2) is 4.79 Å². The van der Waals surface area contributed by atoms with Gasteiger partial charge in [-0.3, -0.25) is 0 Å². The van der Waals surface area contributed by atoms with Crippen LogP contribution < -0.4 is 5.32 Å². The van der Waals surface area contributed by atoms with Gasteiger partial charge in [0.2, 0.25) is 0 Å². The zero-order valence-corrected chi connectivity index (χ0v) is 12.4. The molecule has 2 amide bonds. The summed E-state index contributed by atoms with van der Waals surface area (Å²) in [5.41, 5.74) is 0.834. The molecule has 0 saturated carbocycles. The Hall–Kier alpha value is -1.03. The number of urea groups is 1. The lowest BCUT2D eigenvalue weighted by atomic mass is 9.92. The van der Waals surface area contributed by atoms with Crippen molar-refractivity contribution in [1.82, 2.24) is 4.90 Å². The average Bonchev–Trinajstić information content (AvgIpc) is 2.27. The van der Waals surface area contributed by atoms with Crippen LogP contribution in [0.15, 0.2) is 28.7 Å². The summed E-state index contributed by atoms with van der Waals surface area (Å²) in [5.74, 6) is 1.17. The second-order valence-electron chi connectivity index (χ2n) is 5.29. The molecule has 0 aliphatic carbocycles. The summed E-state index contributed by atoms with van der Waals surface area (Å²) in [7, 11) is 0. The maximum atomic E-state index is 12.2. The molecule has 98 valence electrons. The van der Waals surface area contributed by atoms with Crippen LogP contribution in [-0.2, 0) is 0 Å². The van der Waals surface area contributed by atoms with E-state index in [1.165, 1.54) is 6.42 Å². The summed E-state index contributed by atoms with van der Waals surface area (Å²) < 4.78 is 0.973. The molecule has 1 aliphatic rings. The van der Waals surface area contributed by atoms with Crippen molar-refractivity contribution in [3.05, 3.63) is 28.7 Å². The number of benzene rings is 1. The van der Waals surface area contributed by atoms with Crippen molar-refractivity contribution < 1.29 is 4.79 Å². The number of piperidine rings is 1. The number of likely N-dealkylation sites (tertiary alicyclic amines) is 1. The molecule has 0 spiro atoms. The highest BCUT2D eigenvalue weighted by atomic mass is 79.9. The molecule has 18 heavy (non-hydrogen) atoms. The average molecular weight is 311 g/mol. The SMILES string of the molecule is CC1CC(C)CN(C(=O)Nc2cccc(Br)c2)C1. The quantitative estimate of drug-likeness (QED) is 0.836. The van der Waals surface area contributed by atoms with Crippen molar-refractivity contribution in [3.8, 4) is 0 Å². The van der Waals surface area contributed by atoms with Crippen molar-refractivity contribution >= 4 is 27.6 Å². The predicted octanol–water partition coefficient (Wildman–Crippen LogP) is 3.96. The van der Waals surface area contributed by atoms with Gasteiger partial charge in [0.05, 0.1) is 0 Å². The van der Waals surface area contributed by atoms with Gasteiger partial charge in [-0.1, -0.05) is 35.8 Å². The fourth-order valence-corrected chi connectivity index (χ4v) is 3.00. The molecule has 1 saturated heterocycles. The molecule has 1 aromatic rings. The van der Waals surface area contributed by atoms with Crippen LogP contribution >= 0.6 is 15.9 Å². The first-order valence-electron chi connectivity index (χ1n) is 6.36. The minimum absolute atomic E-state index is 0.00602. The third kappa shape index (κ3) is 3.48. The molecule has 1 N–H and O–H groups in total. The van der Waals surface area contributed by atoms with Gasteiger partial charge in [-0.2, -0.15) is 0 Å². The number of carbonyl (C=O) groups is 1. The number of carbonyl (C=O) groups excluding carboxylic acids is 1. The summed E-state index contributed by atoms with van der Waals surface area (Å²) in [5, 5.41) is 2.95. The Morgan fingerprint density at radius 1 is 1.33 bits per heavy atom. The molecule has 1 aromatic carbocycles. The molecule has 1 aliphatic heterocycles. The molecule has 1 heterocycles. The highest BCUT2D eigenvalue weighted by Gasteiger charge is 2.25. The number of amides is 2. The van der Waals surface area contributed by atoms with Crippen LogP contribution in [0.1, 0.15) is 20.3 Å². The van der Waals surface area contributed by atoms with Crippen molar-refractivity contribution in [1.29, 1.82) is 0 Å². The van der Waals surface area contributed by atoms with Gasteiger partial charge in [0.15, 0.2) is 0 Å². The van der Waals surface area contributed by atoms with E-state index < -0.39 is 0 Å². The summed E-state index contributed by atoms with van der Waals surface area (Å²) in [6.45, 7) is 6.11. The zero-order chi connectivity index (χ0) is 13.1. The van der Waals surface area contributed by atoms with E-state index in [0.29, 0.717) is 11.8 Å². The summed E-state index contributed by atoms with van der Waals surface area (Å²) in [6, 6.07) is 7.68. The van der Waals surface area contributed by atoms with E-state index in [2.05, 4.69) is 35.1 Å². The van der Waals surface area contributed by atoms with Gasteiger partial charge in [0.1, 0.15) is 0 Å². The number of hydrogen-bond acceptors (Lipinski definition) is 1. The zero-order valence-electron chi connectivity index (χ0n) is 10.8. The molecule has 3 nitrogen and oxygen atoms in total. The Kier molecular flexibility index (Phi) is 4.27. The molecular weight excluding hydrogens is 292 g/mol. The lowest BCUT2D eigenvalue weighted by molar-refractivity contribution is 0.156. The van der Waals surface area contributed by atoms with Crippen molar-refractivity contribution in [2.24, 2.45) is 11.8 Å². The minimum atomic E-state index is 0.00602. The number of rotatable bonds is 1. The van der Waals surface area contributed by atoms with E-state index in [4.69, 9.17) is 0 Å². The van der Waals surface area contributed by atoms with Crippen molar-refractivity contribution in [2.45, 2.75) is 20.3 Å². The molecule has 2 rings (SSSR count). The number of halogens is 1. The van der Waals surface area contributed by atoms with Crippen LogP contribution in [0.4, 0.5) is 10.5 Å². The smallest absolute Gasteiger partial charge is 0.321 e. The molecule has 4 heteroatoms. The van der Waals surface area contributed by atoms with E-state index in [1.54, 1.807) is 0 Å². The van der Waals surface area contributed by atoms with Crippen LogP contribution in [0.5, 0.6) is 0 Å². The van der Waals surface area contributed by atoms with Crippen LogP contribution in [-0.4, -0.2) is 24.0 Å². The number of hydrogen-bond donors (Lipinski definition) is 1. The van der Waals surface area contributed by atoms with Gasteiger partial charge >= 0.3 is 6.03 Å². The Bertz CT molecular complexity index is 426. The third-order valence-electron chi connectivity index (χ3n) is 3.23. The molecule has 2 unspecified atom stereocenters. The van der Waals surface area contributed by atoms with Gasteiger partial charge < -0.3 is 10.2 Å². The summed E-state index contributed by atoms with van der Waals surface area (Å²) >= 11 is 3.40. The first kappa shape index (κ1) is 13.4. The highest BCUT2D eigenvalue weighted by Crippen LogP contribution is 2.22. The second kappa shape index (κ2) is 5.74. The molecule has 1 fully saturated rings.